The minimum Gasteiger partial charge on any atom is -0.478 e. The number of carbonyl (C=O) groups is 1. The summed E-state index contributed by atoms with van der Waals surface area (Å²) < 4.78 is 18.3. The van der Waals surface area contributed by atoms with E-state index >= 15 is 0 Å². The monoisotopic (exact) mass is 277 g/mol. The third kappa shape index (κ3) is 2.89. The molecule has 0 saturated heterocycles. The lowest BCUT2D eigenvalue weighted by molar-refractivity contribution is -0.384. The van der Waals surface area contributed by atoms with Gasteiger partial charge >= 0.3 is 5.97 Å². The molecule has 6 nitrogen and oxygen atoms in total. The number of nitrogens with zero attached hydrogens (tertiary/aromatic N) is 1. The highest BCUT2D eigenvalue weighted by atomic mass is 19.1. The van der Waals surface area contributed by atoms with Crippen molar-refractivity contribution in [3.05, 3.63) is 64.0 Å². The Morgan fingerprint density at radius 3 is 2.40 bits per heavy atom. The quantitative estimate of drug-likeness (QED) is 0.684. The Labute approximate surface area is 112 Å². The molecular weight excluding hydrogens is 269 g/mol. The van der Waals surface area contributed by atoms with Gasteiger partial charge in [-0.15, -0.1) is 0 Å². The maximum absolute atomic E-state index is 13.0. The van der Waals surface area contributed by atoms with Crippen LogP contribution in [0.15, 0.2) is 42.5 Å². The van der Waals surface area contributed by atoms with Gasteiger partial charge in [-0.05, 0) is 30.3 Å². The van der Waals surface area contributed by atoms with Crippen molar-refractivity contribution in [3.8, 4) is 11.5 Å². The fourth-order valence-corrected chi connectivity index (χ4v) is 1.52. The minimum absolute atomic E-state index is 0.0484. The number of halogens is 1. The van der Waals surface area contributed by atoms with Crippen LogP contribution in [0.5, 0.6) is 11.5 Å². The molecule has 0 aliphatic rings. The first-order valence-electron chi connectivity index (χ1n) is 5.42. The molecule has 0 aliphatic heterocycles. The SMILES string of the molecule is O=C(O)c1cc(F)ccc1Oc1ccc([N+](=O)[O-])cc1. The van der Waals surface area contributed by atoms with Gasteiger partial charge in [0, 0.05) is 12.1 Å². The molecule has 0 atom stereocenters. The third-order valence-electron chi connectivity index (χ3n) is 2.45. The summed E-state index contributed by atoms with van der Waals surface area (Å²) in [5.41, 5.74) is -0.446. The van der Waals surface area contributed by atoms with Gasteiger partial charge in [-0.2, -0.15) is 0 Å². The Bertz CT molecular complexity index is 669. The average molecular weight is 277 g/mol. The van der Waals surface area contributed by atoms with E-state index in [1.165, 1.54) is 30.3 Å². The molecule has 0 aromatic heterocycles. The number of non-ortho nitro benzene ring substituents is 1. The van der Waals surface area contributed by atoms with E-state index in [9.17, 15) is 19.3 Å². The molecule has 0 unspecified atom stereocenters. The van der Waals surface area contributed by atoms with E-state index in [-0.39, 0.29) is 22.7 Å². The van der Waals surface area contributed by atoms with E-state index in [2.05, 4.69) is 0 Å². The van der Waals surface area contributed by atoms with Crippen molar-refractivity contribution in [1.29, 1.82) is 0 Å². The predicted octanol–water partition coefficient (Wildman–Crippen LogP) is 3.22. The van der Waals surface area contributed by atoms with Crippen molar-refractivity contribution in [2.45, 2.75) is 0 Å². The van der Waals surface area contributed by atoms with Gasteiger partial charge in [0.15, 0.2) is 0 Å². The molecule has 0 aliphatic carbocycles. The number of nitro benzene ring substituents is 1. The van der Waals surface area contributed by atoms with Gasteiger partial charge < -0.3 is 9.84 Å². The Morgan fingerprint density at radius 2 is 1.85 bits per heavy atom. The molecule has 0 spiro atoms. The Hall–Kier alpha value is -2.96. The van der Waals surface area contributed by atoms with Crippen LogP contribution in [0.25, 0.3) is 0 Å². The molecule has 0 heterocycles. The highest BCUT2D eigenvalue weighted by Crippen LogP contribution is 2.27. The standard InChI is InChI=1S/C13H8FNO5/c14-8-1-6-12(11(7-8)13(16)17)20-10-4-2-9(3-5-10)15(18)19/h1-7H,(H,16,17). The molecular formula is C13H8FNO5. The first kappa shape index (κ1) is 13.5. The van der Waals surface area contributed by atoms with Crippen LogP contribution in [0.2, 0.25) is 0 Å². The number of aromatic carboxylic acids is 1. The van der Waals surface area contributed by atoms with Crippen molar-refractivity contribution in [3.63, 3.8) is 0 Å². The molecule has 0 amide bonds. The van der Waals surface area contributed by atoms with Crippen LogP contribution in [0.1, 0.15) is 10.4 Å². The van der Waals surface area contributed by atoms with Crippen molar-refractivity contribution in [2.24, 2.45) is 0 Å². The van der Waals surface area contributed by atoms with E-state index < -0.39 is 16.7 Å². The van der Waals surface area contributed by atoms with Gasteiger partial charge in [0.2, 0.25) is 0 Å². The third-order valence-corrected chi connectivity index (χ3v) is 2.45. The summed E-state index contributed by atoms with van der Waals surface area (Å²) in [5.74, 6) is -1.86. The smallest absolute Gasteiger partial charge is 0.339 e. The second-order valence-electron chi connectivity index (χ2n) is 3.80. The number of nitro groups is 1. The summed E-state index contributed by atoms with van der Waals surface area (Å²) in [7, 11) is 0. The second-order valence-corrected chi connectivity index (χ2v) is 3.80. The zero-order valence-electron chi connectivity index (χ0n) is 9.95. The molecule has 0 bridgehead atoms. The van der Waals surface area contributed by atoms with Crippen molar-refractivity contribution in [2.75, 3.05) is 0 Å². The van der Waals surface area contributed by atoms with E-state index in [1.54, 1.807) is 0 Å². The lowest BCUT2D eigenvalue weighted by atomic mass is 10.2. The summed E-state index contributed by atoms with van der Waals surface area (Å²) in [6.45, 7) is 0. The number of benzene rings is 2. The molecule has 0 fully saturated rings. The van der Waals surface area contributed by atoms with Crippen LogP contribution in [0, 0.1) is 15.9 Å². The van der Waals surface area contributed by atoms with Crippen LogP contribution in [-0.4, -0.2) is 16.0 Å². The summed E-state index contributed by atoms with van der Waals surface area (Å²) in [4.78, 5) is 20.9. The van der Waals surface area contributed by atoms with Gasteiger partial charge in [-0.1, -0.05) is 0 Å². The fraction of sp³-hybridized carbons (Fsp3) is 0. The normalized spacial score (nSPS) is 10.1. The first-order chi connectivity index (χ1) is 9.47. The van der Waals surface area contributed by atoms with Gasteiger partial charge in [0.1, 0.15) is 22.9 Å². The Balaban J connectivity index is 2.30. The summed E-state index contributed by atoms with van der Waals surface area (Å²) in [6, 6.07) is 8.18. The number of rotatable bonds is 4. The van der Waals surface area contributed by atoms with Crippen molar-refractivity contribution < 1.29 is 24.0 Å². The van der Waals surface area contributed by atoms with Crippen molar-refractivity contribution in [1.82, 2.24) is 0 Å². The number of hydrogen-bond acceptors (Lipinski definition) is 4. The second kappa shape index (κ2) is 5.35. The number of hydrogen-bond donors (Lipinski definition) is 1. The molecule has 20 heavy (non-hydrogen) atoms. The zero-order chi connectivity index (χ0) is 14.7. The Morgan fingerprint density at radius 1 is 1.20 bits per heavy atom. The fourth-order valence-electron chi connectivity index (χ4n) is 1.52. The molecule has 1 N–H and O–H groups in total. The van der Waals surface area contributed by atoms with Crippen LogP contribution in [0.4, 0.5) is 10.1 Å². The van der Waals surface area contributed by atoms with Crippen LogP contribution < -0.4 is 4.74 Å². The summed E-state index contributed by atoms with van der Waals surface area (Å²) >= 11 is 0. The summed E-state index contributed by atoms with van der Waals surface area (Å²) in [6.07, 6.45) is 0. The Kier molecular flexibility index (Phi) is 3.60. The molecule has 2 aromatic carbocycles. The first-order valence-corrected chi connectivity index (χ1v) is 5.42. The molecule has 2 rings (SSSR count). The molecule has 7 heteroatoms. The number of ether oxygens (including phenoxy) is 1. The lowest BCUT2D eigenvalue weighted by Crippen LogP contribution is -2.00. The molecule has 0 saturated carbocycles. The zero-order valence-corrected chi connectivity index (χ0v) is 9.95. The minimum atomic E-state index is -1.33. The highest BCUT2D eigenvalue weighted by Gasteiger charge is 2.14. The molecule has 2 aromatic rings. The average Bonchev–Trinajstić information content (AvgIpc) is 2.41. The van der Waals surface area contributed by atoms with Gasteiger partial charge in [-0.3, -0.25) is 10.1 Å². The lowest BCUT2D eigenvalue weighted by Gasteiger charge is -2.08. The topological polar surface area (TPSA) is 89.7 Å². The highest BCUT2D eigenvalue weighted by molar-refractivity contribution is 5.91. The molecule has 0 radical (unpaired) electrons. The summed E-state index contributed by atoms with van der Waals surface area (Å²) in [5, 5.41) is 19.4. The number of carboxylic acids is 1. The van der Waals surface area contributed by atoms with E-state index in [0.29, 0.717) is 0 Å². The largest absolute Gasteiger partial charge is 0.478 e. The van der Waals surface area contributed by atoms with Crippen LogP contribution >= 0.6 is 0 Å². The van der Waals surface area contributed by atoms with Gasteiger partial charge in [-0.25, -0.2) is 9.18 Å². The van der Waals surface area contributed by atoms with Crippen molar-refractivity contribution >= 4 is 11.7 Å². The maximum atomic E-state index is 13.0. The van der Waals surface area contributed by atoms with Crippen LogP contribution in [0.3, 0.4) is 0 Å². The maximum Gasteiger partial charge on any atom is 0.339 e. The van der Waals surface area contributed by atoms with E-state index in [1.807, 2.05) is 0 Å². The predicted molar refractivity (Wildman–Crippen MR) is 66.5 cm³/mol. The van der Waals surface area contributed by atoms with E-state index in [4.69, 9.17) is 9.84 Å². The molecule has 102 valence electrons. The van der Waals surface area contributed by atoms with Crippen LogP contribution in [-0.2, 0) is 0 Å². The number of carboxylic acid groups (broad SMARTS) is 1. The van der Waals surface area contributed by atoms with Gasteiger partial charge in [0.05, 0.1) is 4.92 Å². The van der Waals surface area contributed by atoms with Gasteiger partial charge in [0.25, 0.3) is 5.69 Å². The van der Waals surface area contributed by atoms with E-state index in [0.717, 1.165) is 12.1 Å².